The molecule has 92 valence electrons. The fourth-order valence-electron chi connectivity index (χ4n) is 1.47. The number of ether oxygens (including phenoxy) is 1. The zero-order chi connectivity index (χ0) is 13.0. The molecule has 4 heteroatoms. The number of hydrogen-bond acceptors (Lipinski definition) is 3. The van der Waals surface area contributed by atoms with Crippen LogP contribution in [0.1, 0.15) is 15.9 Å². The van der Waals surface area contributed by atoms with E-state index in [2.05, 4.69) is 10.3 Å². The molecule has 0 aliphatic heterocycles. The Kier molecular flexibility index (Phi) is 3.57. The summed E-state index contributed by atoms with van der Waals surface area (Å²) in [4.78, 5) is 16.0. The van der Waals surface area contributed by atoms with Crippen LogP contribution < -0.4 is 10.1 Å². The predicted octanol–water partition coefficient (Wildman–Crippen LogP) is 2.65. The Morgan fingerprint density at radius 2 is 1.89 bits per heavy atom. The standard InChI is InChI=1S/C14H14N2O2/c1-10-3-8-13(15-9-10)16-14(17)11-4-6-12(18-2)7-5-11/h3-9H,1-2H3,(H,15,16,17). The summed E-state index contributed by atoms with van der Waals surface area (Å²) in [6, 6.07) is 10.6. The van der Waals surface area contributed by atoms with Crippen molar-refractivity contribution in [3.8, 4) is 5.75 Å². The van der Waals surface area contributed by atoms with E-state index in [-0.39, 0.29) is 5.91 Å². The van der Waals surface area contributed by atoms with Crippen LogP contribution in [0.15, 0.2) is 42.6 Å². The highest BCUT2D eigenvalue weighted by atomic mass is 16.5. The van der Waals surface area contributed by atoms with Crippen LogP contribution in [0, 0.1) is 6.92 Å². The van der Waals surface area contributed by atoms with Crippen molar-refractivity contribution in [2.75, 3.05) is 12.4 Å². The summed E-state index contributed by atoms with van der Waals surface area (Å²) in [6.07, 6.45) is 1.71. The first kappa shape index (κ1) is 12.1. The van der Waals surface area contributed by atoms with E-state index in [1.807, 2.05) is 13.0 Å². The first-order valence-corrected chi connectivity index (χ1v) is 5.57. The van der Waals surface area contributed by atoms with Gasteiger partial charge in [0.1, 0.15) is 11.6 Å². The normalized spacial score (nSPS) is 9.89. The molecule has 1 amide bonds. The molecule has 0 atom stereocenters. The molecule has 0 unspecified atom stereocenters. The van der Waals surface area contributed by atoms with E-state index >= 15 is 0 Å². The number of carbonyl (C=O) groups excluding carboxylic acids is 1. The molecule has 1 heterocycles. The number of anilines is 1. The van der Waals surface area contributed by atoms with Gasteiger partial charge in [0, 0.05) is 11.8 Å². The van der Waals surface area contributed by atoms with E-state index in [1.54, 1.807) is 43.6 Å². The smallest absolute Gasteiger partial charge is 0.256 e. The highest BCUT2D eigenvalue weighted by Gasteiger charge is 2.06. The maximum Gasteiger partial charge on any atom is 0.256 e. The minimum atomic E-state index is -0.186. The number of aryl methyl sites for hydroxylation is 1. The number of amides is 1. The number of methoxy groups -OCH3 is 1. The third-order valence-corrected chi connectivity index (χ3v) is 2.51. The maximum atomic E-state index is 11.9. The summed E-state index contributed by atoms with van der Waals surface area (Å²) in [5, 5.41) is 2.73. The largest absolute Gasteiger partial charge is 0.497 e. The number of hydrogen-bond donors (Lipinski definition) is 1. The molecule has 1 N–H and O–H groups in total. The number of benzene rings is 1. The summed E-state index contributed by atoms with van der Waals surface area (Å²) in [5.74, 6) is 1.08. The van der Waals surface area contributed by atoms with Crippen LogP contribution in [0.5, 0.6) is 5.75 Å². The van der Waals surface area contributed by atoms with Crippen molar-refractivity contribution in [2.45, 2.75) is 6.92 Å². The Morgan fingerprint density at radius 3 is 2.44 bits per heavy atom. The molecular formula is C14H14N2O2. The summed E-state index contributed by atoms with van der Waals surface area (Å²) in [5.41, 5.74) is 1.62. The lowest BCUT2D eigenvalue weighted by atomic mass is 10.2. The highest BCUT2D eigenvalue weighted by Crippen LogP contribution is 2.13. The molecule has 0 saturated carbocycles. The van der Waals surface area contributed by atoms with Gasteiger partial charge in [-0.15, -0.1) is 0 Å². The van der Waals surface area contributed by atoms with E-state index in [1.165, 1.54) is 0 Å². The second-order valence-corrected chi connectivity index (χ2v) is 3.90. The van der Waals surface area contributed by atoms with Crippen molar-refractivity contribution in [1.29, 1.82) is 0 Å². The Morgan fingerprint density at radius 1 is 1.17 bits per heavy atom. The SMILES string of the molecule is COc1ccc(C(=O)Nc2ccc(C)cn2)cc1. The molecule has 18 heavy (non-hydrogen) atoms. The van der Waals surface area contributed by atoms with Gasteiger partial charge in [-0.2, -0.15) is 0 Å². The molecule has 2 aromatic rings. The molecule has 1 aromatic heterocycles. The molecule has 1 aromatic carbocycles. The van der Waals surface area contributed by atoms with E-state index in [9.17, 15) is 4.79 Å². The Balaban J connectivity index is 2.09. The maximum absolute atomic E-state index is 11.9. The van der Waals surface area contributed by atoms with Gasteiger partial charge in [0.25, 0.3) is 5.91 Å². The molecule has 4 nitrogen and oxygen atoms in total. The topological polar surface area (TPSA) is 51.2 Å². The lowest BCUT2D eigenvalue weighted by Gasteiger charge is -2.05. The number of aromatic nitrogens is 1. The second kappa shape index (κ2) is 5.31. The van der Waals surface area contributed by atoms with Gasteiger partial charge in [-0.05, 0) is 42.8 Å². The van der Waals surface area contributed by atoms with Gasteiger partial charge in [0.05, 0.1) is 7.11 Å². The average Bonchev–Trinajstić information content (AvgIpc) is 2.41. The number of carbonyl (C=O) groups is 1. The number of nitrogens with one attached hydrogen (secondary N) is 1. The van der Waals surface area contributed by atoms with Crippen molar-refractivity contribution in [2.24, 2.45) is 0 Å². The first-order chi connectivity index (χ1) is 8.69. The van der Waals surface area contributed by atoms with Crippen LogP contribution in [0.25, 0.3) is 0 Å². The van der Waals surface area contributed by atoms with Gasteiger partial charge in [0.15, 0.2) is 0 Å². The lowest BCUT2D eigenvalue weighted by molar-refractivity contribution is 0.102. The fraction of sp³-hybridized carbons (Fsp3) is 0.143. The minimum absolute atomic E-state index is 0.186. The molecule has 0 radical (unpaired) electrons. The van der Waals surface area contributed by atoms with Crippen LogP contribution in [0.3, 0.4) is 0 Å². The van der Waals surface area contributed by atoms with Crippen molar-refractivity contribution in [1.82, 2.24) is 4.98 Å². The van der Waals surface area contributed by atoms with Crippen LogP contribution in [-0.2, 0) is 0 Å². The van der Waals surface area contributed by atoms with Crippen molar-refractivity contribution >= 4 is 11.7 Å². The average molecular weight is 242 g/mol. The van der Waals surface area contributed by atoms with Crippen LogP contribution in [-0.4, -0.2) is 18.0 Å². The summed E-state index contributed by atoms with van der Waals surface area (Å²) in [6.45, 7) is 1.95. The quantitative estimate of drug-likeness (QED) is 0.900. The van der Waals surface area contributed by atoms with E-state index in [4.69, 9.17) is 4.74 Å². The van der Waals surface area contributed by atoms with Crippen molar-refractivity contribution in [3.05, 3.63) is 53.7 Å². The van der Waals surface area contributed by atoms with Gasteiger partial charge < -0.3 is 10.1 Å². The van der Waals surface area contributed by atoms with E-state index in [0.29, 0.717) is 11.4 Å². The summed E-state index contributed by atoms with van der Waals surface area (Å²) in [7, 11) is 1.59. The van der Waals surface area contributed by atoms with Crippen molar-refractivity contribution in [3.63, 3.8) is 0 Å². The molecule has 0 bridgehead atoms. The van der Waals surface area contributed by atoms with Crippen LogP contribution in [0.4, 0.5) is 5.82 Å². The predicted molar refractivity (Wildman–Crippen MR) is 69.9 cm³/mol. The fourth-order valence-corrected chi connectivity index (χ4v) is 1.47. The zero-order valence-corrected chi connectivity index (χ0v) is 10.3. The van der Waals surface area contributed by atoms with E-state index < -0.39 is 0 Å². The Bertz CT molecular complexity index is 533. The third-order valence-electron chi connectivity index (χ3n) is 2.51. The third kappa shape index (κ3) is 2.85. The Hall–Kier alpha value is -2.36. The summed E-state index contributed by atoms with van der Waals surface area (Å²) < 4.78 is 5.04. The van der Waals surface area contributed by atoms with Crippen molar-refractivity contribution < 1.29 is 9.53 Å². The van der Waals surface area contributed by atoms with Gasteiger partial charge >= 0.3 is 0 Å². The van der Waals surface area contributed by atoms with E-state index in [0.717, 1.165) is 11.3 Å². The van der Waals surface area contributed by atoms with Gasteiger partial charge in [-0.1, -0.05) is 6.07 Å². The molecule has 2 rings (SSSR count). The molecule has 0 aliphatic carbocycles. The minimum Gasteiger partial charge on any atom is -0.497 e. The number of rotatable bonds is 3. The zero-order valence-electron chi connectivity index (χ0n) is 10.3. The molecular weight excluding hydrogens is 228 g/mol. The monoisotopic (exact) mass is 242 g/mol. The summed E-state index contributed by atoms with van der Waals surface area (Å²) >= 11 is 0. The van der Waals surface area contributed by atoms with Gasteiger partial charge in [-0.25, -0.2) is 4.98 Å². The molecule has 0 spiro atoms. The second-order valence-electron chi connectivity index (χ2n) is 3.90. The van der Waals surface area contributed by atoms with Crippen LogP contribution in [0.2, 0.25) is 0 Å². The van der Waals surface area contributed by atoms with Gasteiger partial charge in [-0.3, -0.25) is 4.79 Å². The Labute approximate surface area is 106 Å². The van der Waals surface area contributed by atoms with Crippen LogP contribution >= 0.6 is 0 Å². The van der Waals surface area contributed by atoms with Gasteiger partial charge in [0.2, 0.25) is 0 Å². The first-order valence-electron chi connectivity index (χ1n) is 5.57. The number of pyridine rings is 1. The molecule has 0 fully saturated rings. The molecule has 0 saturated heterocycles. The molecule has 0 aliphatic rings. The number of nitrogens with zero attached hydrogens (tertiary/aromatic N) is 1. The lowest BCUT2D eigenvalue weighted by Crippen LogP contribution is -2.12. The highest BCUT2D eigenvalue weighted by molar-refractivity contribution is 6.03.